The van der Waals surface area contributed by atoms with Crippen molar-refractivity contribution in [3.8, 4) is 0 Å². The normalized spacial score (nSPS) is 33.3. The number of ether oxygens (including phenoxy) is 1. The van der Waals surface area contributed by atoms with Gasteiger partial charge in [-0.2, -0.15) is 0 Å². The Hall–Kier alpha value is -1.60. The van der Waals surface area contributed by atoms with Crippen molar-refractivity contribution >= 4 is 10.8 Å². The number of hydrogen-bond acceptors (Lipinski definition) is 1. The second-order valence-corrected chi connectivity index (χ2v) is 5.39. The molecule has 4 rings (SSSR count). The van der Waals surface area contributed by atoms with Crippen molar-refractivity contribution < 1.29 is 4.74 Å². The molecular formula is C16H14O. The predicted molar refractivity (Wildman–Crippen MR) is 68.9 cm³/mol. The zero-order valence-corrected chi connectivity index (χ0v) is 10.0. The Morgan fingerprint density at radius 1 is 0.824 bits per heavy atom. The van der Waals surface area contributed by atoms with Crippen molar-refractivity contribution in [2.24, 2.45) is 0 Å². The number of rotatable bonds is 0. The average Bonchev–Trinajstić information content (AvgIpc) is 2.75. The summed E-state index contributed by atoms with van der Waals surface area (Å²) in [5.74, 6) is 0. The topological polar surface area (TPSA) is 9.23 Å². The van der Waals surface area contributed by atoms with Gasteiger partial charge in [0.1, 0.15) is 11.2 Å². The van der Waals surface area contributed by atoms with Crippen LogP contribution in [0.3, 0.4) is 0 Å². The fourth-order valence-electron chi connectivity index (χ4n) is 3.18. The quantitative estimate of drug-likeness (QED) is 0.615. The summed E-state index contributed by atoms with van der Waals surface area (Å²) in [6.45, 7) is 4.30. The summed E-state index contributed by atoms with van der Waals surface area (Å²) < 4.78 is 6.18. The fourth-order valence-corrected chi connectivity index (χ4v) is 3.18. The van der Waals surface area contributed by atoms with E-state index >= 15 is 0 Å². The van der Waals surface area contributed by atoms with E-state index in [4.69, 9.17) is 4.74 Å². The Kier molecular flexibility index (Phi) is 1.46. The highest BCUT2D eigenvalue weighted by Gasteiger charge is 2.50. The minimum absolute atomic E-state index is 0.228. The van der Waals surface area contributed by atoms with Crippen molar-refractivity contribution in [3.05, 3.63) is 59.7 Å². The molecule has 0 radical (unpaired) electrons. The summed E-state index contributed by atoms with van der Waals surface area (Å²) in [4.78, 5) is 0. The highest BCUT2D eigenvalue weighted by atomic mass is 16.5. The maximum Gasteiger partial charge on any atom is 0.111 e. The van der Waals surface area contributed by atoms with Crippen LogP contribution in [-0.2, 0) is 15.9 Å². The van der Waals surface area contributed by atoms with Crippen LogP contribution in [-0.4, -0.2) is 0 Å². The summed E-state index contributed by atoms with van der Waals surface area (Å²) in [6, 6.07) is 13.1. The highest BCUT2D eigenvalue weighted by molar-refractivity contribution is 5.85. The van der Waals surface area contributed by atoms with E-state index in [1.807, 2.05) is 0 Å². The van der Waals surface area contributed by atoms with Crippen LogP contribution in [0.2, 0.25) is 0 Å². The molecule has 2 aliphatic heterocycles. The minimum Gasteiger partial charge on any atom is -0.351 e. The number of hydrogen-bond donors (Lipinski definition) is 0. The molecule has 2 aromatic rings. The molecule has 0 amide bonds. The molecule has 0 aromatic heterocycles. The lowest BCUT2D eigenvalue weighted by Gasteiger charge is -2.18. The van der Waals surface area contributed by atoms with Crippen LogP contribution in [0.5, 0.6) is 0 Å². The van der Waals surface area contributed by atoms with Crippen molar-refractivity contribution in [2.75, 3.05) is 0 Å². The maximum absolute atomic E-state index is 6.18. The van der Waals surface area contributed by atoms with Crippen molar-refractivity contribution in [1.82, 2.24) is 0 Å². The standard InChI is InChI=1S/C16H14O/c1-15-7-8-16(2,17-15)14-10-12-6-4-3-5-11(12)9-13(14)15/h3-10H,1-2H3/t15-,16+. The molecule has 2 heterocycles. The van der Waals surface area contributed by atoms with Gasteiger partial charge in [-0.15, -0.1) is 0 Å². The van der Waals surface area contributed by atoms with E-state index in [-0.39, 0.29) is 11.2 Å². The molecule has 17 heavy (non-hydrogen) atoms. The lowest BCUT2D eigenvalue weighted by molar-refractivity contribution is -0.0494. The van der Waals surface area contributed by atoms with Crippen LogP contribution in [0, 0.1) is 0 Å². The molecule has 2 atom stereocenters. The summed E-state index contributed by atoms with van der Waals surface area (Å²) in [5.41, 5.74) is 2.18. The summed E-state index contributed by atoms with van der Waals surface area (Å²) in [7, 11) is 0. The Morgan fingerprint density at radius 3 is 1.76 bits per heavy atom. The van der Waals surface area contributed by atoms with E-state index in [0.717, 1.165) is 0 Å². The minimum atomic E-state index is -0.228. The van der Waals surface area contributed by atoms with Crippen LogP contribution >= 0.6 is 0 Å². The SMILES string of the molecule is C[C@]12C=C[C@](C)(O1)c1cc3ccccc3cc12. The van der Waals surface area contributed by atoms with Gasteiger partial charge >= 0.3 is 0 Å². The van der Waals surface area contributed by atoms with E-state index < -0.39 is 0 Å². The monoisotopic (exact) mass is 222 g/mol. The third-order valence-electron chi connectivity index (χ3n) is 4.10. The zero-order chi connectivity index (χ0) is 11.7. The molecule has 1 nitrogen and oxygen atoms in total. The Morgan fingerprint density at radius 2 is 1.29 bits per heavy atom. The molecule has 0 saturated carbocycles. The van der Waals surface area contributed by atoms with Gasteiger partial charge in [0.15, 0.2) is 0 Å². The molecular weight excluding hydrogens is 208 g/mol. The molecule has 0 unspecified atom stereocenters. The smallest absolute Gasteiger partial charge is 0.111 e. The van der Waals surface area contributed by atoms with Crippen LogP contribution < -0.4 is 0 Å². The van der Waals surface area contributed by atoms with Gasteiger partial charge in [0.2, 0.25) is 0 Å². The third-order valence-corrected chi connectivity index (χ3v) is 4.10. The maximum atomic E-state index is 6.18. The van der Waals surface area contributed by atoms with Gasteiger partial charge in [-0.05, 0) is 60.0 Å². The summed E-state index contributed by atoms with van der Waals surface area (Å²) in [6.07, 6.45) is 4.37. The van der Waals surface area contributed by atoms with Gasteiger partial charge in [0, 0.05) is 0 Å². The predicted octanol–water partition coefficient (Wildman–Crippen LogP) is 3.87. The molecule has 84 valence electrons. The molecule has 0 fully saturated rings. The fraction of sp³-hybridized carbons (Fsp3) is 0.250. The van der Waals surface area contributed by atoms with Crippen molar-refractivity contribution in [2.45, 2.75) is 25.0 Å². The lowest BCUT2D eigenvalue weighted by atomic mass is 9.82. The van der Waals surface area contributed by atoms with E-state index in [1.165, 1.54) is 21.9 Å². The van der Waals surface area contributed by atoms with Gasteiger partial charge < -0.3 is 4.74 Å². The van der Waals surface area contributed by atoms with Gasteiger partial charge in [-0.3, -0.25) is 0 Å². The first-order valence-electron chi connectivity index (χ1n) is 6.05. The average molecular weight is 222 g/mol. The molecule has 0 aliphatic carbocycles. The second-order valence-electron chi connectivity index (χ2n) is 5.39. The van der Waals surface area contributed by atoms with Gasteiger partial charge in [-0.25, -0.2) is 0 Å². The molecule has 1 heteroatoms. The van der Waals surface area contributed by atoms with Crippen LogP contribution in [0.4, 0.5) is 0 Å². The van der Waals surface area contributed by atoms with Gasteiger partial charge in [0.05, 0.1) is 0 Å². The first-order chi connectivity index (χ1) is 8.11. The Labute approximate surface area is 101 Å². The number of benzene rings is 2. The highest BCUT2D eigenvalue weighted by Crippen LogP contribution is 2.54. The first-order valence-corrected chi connectivity index (χ1v) is 6.05. The summed E-state index contributed by atoms with van der Waals surface area (Å²) >= 11 is 0. The van der Waals surface area contributed by atoms with Gasteiger partial charge in [0.25, 0.3) is 0 Å². The Bertz CT molecular complexity index is 614. The second kappa shape index (κ2) is 2.62. The first kappa shape index (κ1) is 9.43. The van der Waals surface area contributed by atoms with E-state index in [1.54, 1.807) is 0 Å². The largest absolute Gasteiger partial charge is 0.351 e. The summed E-state index contributed by atoms with van der Waals surface area (Å²) in [5, 5.41) is 2.58. The molecule has 0 saturated heterocycles. The zero-order valence-electron chi connectivity index (χ0n) is 10.0. The molecule has 2 bridgehead atoms. The number of fused-ring (bicyclic) bond motifs is 6. The lowest BCUT2D eigenvalue weighted by Crippen LogP contribution is -2.17. The molecule has 0 N–H and O–H groups in total. The van der Waals surface area contributed by atoms with Gasteiger partial charge in [-0.1, -0.05) is 24.3 Å². The van der Waals surface area contributed by atoms with E-state index in [2.05, 4.69) is 62.4 Å². The molecule has 2 aromatic carbocycles. The van der Waals surface area contributed by atoms with E-state index in [9.17, 15) is 0 Å². The van der Waals surface area contributed by atoms with E-state index in [0.29, 0.717) is 0 Å². The molecule has 2 aliphatic rings. The van der Waals surface area contributed by atoms with Crippen LogP contribution in [0.25, 0.3) is 10.8 Å². The Balaban J connectivity index is 2.12. The van der Waals surface area contributed by atoms with Crippen LogP contribution in [0.1, 0.15) is 25.0 Å². The van der Waals surface area contributed by atoms with Crippen molar-refractivity contribution in [1.29, 1.82) is 0 Å². The van der Waals surface area contributed by atoms with Crippen molar-refractivity contribution in [3.63, 3.8) is 0 Å². The molecule has 0 spiro atoms. The third kappa shape index (κ3) is 1.03. The van der Waals surface area contributed by atoms with Crippen LogP contribution in [0.15, 0.2) is 48.6 Å².